The van der Waals surface area contributed by atoms with E-state index in [2.05, 4.69) is 5.32 Å². The molecule has 0 aliphatic carbocycles. The minimum Gasteiger partial charge on any atom is -0.380 e. The number of hydrogen-bond acceptors (Lipinski definition) is 3. The third kappa shape index (κ3) is 4.45. The Morgan fingerprint density at radius 2 is 2.17 bits per heavy atom. The first-order chi connectivity index (χ1) is 11.1. The molecule has 1 aromatic carbocycles. The predicted molar refractivity (Wildman–Crippen MR) is 90.9 cm³/mol. The van der Waals surface area contributed by atoms with Gasteiger partial charge in [-0.1, -0.05) is 18.5 Å². The highest BCUT2D eigenvalue weighted by atomic mass is 35.5. The normalized spacial score (nSPS) is 17.3. The number of nitrogens with one attached hydrogen (secondary N) is 1. The number of carbonyl (C=O) groups is 2. The Hall–Kier alpha value is -1.59. The molecule has 5 nitrogen and oxygen atoms in total. The molecule has 0 spiro atoms. The maximum atomic E-state index is 12.9. The number of carbonyl (C=O) groups excluding carboxylic acids is 2. The highest BCUT2D eigenvalue weighted by molar-refractivity contribution is 6.31. The molecule has 1 unspecified atom stereocenters. The Morgan fingerprint density at radius 1 is 1.39 bits per heavy atom. The first-order valence-corrected chi connectivity index (χ1v) is 8.42. The summed E-state index contributed by atoms with van der Waals surface area (Å²) < 4.78 is 5.48. The molecular formula is C17H23ClN2O3. The van der Waals surface area contributed by atoms with Crippen molar-refractivity contribution in [2.24, 2.45) is 0 Å². The number of hydrogen-bond donors (Lipinski definition) is 1. The summed E-state index contributed by atoms with van der Waals surface area (Å²) in [7, 11) is 0. The zero-order valence-corrected chi connectivity index (χ0v) is 14.4. The van der Waals surface area contributed by atoms with Gasteiger partial charge in [-0.05, 0) is 38.0 Å². The van der Waals surface area contributed by atoms with Crippen molar-refractivity contribution in [1.82, 2.24) is 4.90 Å². The van der Waals surface area contributed by atoms with E-state index >= 15 is 0 Å². The van der Waals surface area contributed by atoms with Crippen LogP contribution in [-0.4, -0.2) is 42.5 Å². The van der Waals surface area contributed by atoms with Crippen LogP contribution in [0.1, 0.15) is 43.5 Å². The maximum absolute atomic E-state index is 12.9. The van der Waals surface area contributed by atoms with Crippen molar-refractivity contribution in [3.05, 3.63) is 28.8 Å². The number of nitrogens with zero attached hydrogens (tertiary/aromatic N) is 1. The van der Waals surface area contributed by atoms with Crippen LogP contribution >= 0.6 is 11.6 Å². The molecular weight excluding hydrogens is 316 g/mol. The standard InChI is InChI=1S/C17H23ClN2O3/c1-3-16(21)19-15-10-12(18)7-8-14(15)17(22)20-9-5-6-13(20)11-23-4-2/h7-8,10,13H,3-6,9,11H2,1-2H3,(H,19,21). The van der Waals surface area contributed by atoms with Gasteiger partial charge in [0, 0.05) is 24.6 Å². The van der Waals surface area contributed by atoms with Crippen LogP contribution < -0.4 is 5.32 Å². The van der Waals surface area contributed by atoms with Crippen LogP contribution in [0.3, 0.4) is 0 Å². The minimum absolute atomic E-state index is 0.0877. The van der Waals surface area contributed by atoms with Crippen molar-refractivity contribution in [1.29, 1.82) is 0 Å². The van der Waals surface area contributed by atoms with Gasteiger partial charge in [0.05, 0.1) is 23.9 Å². The van der Waals surface area contributed by atoms with Crippen LogP contribution in [0.5, 0.6) is 0 Å². The van der Waals surface area contributed by atoms with E-state index in [1.807, 2.05) is 11.8 Å². The Labute approximate surface area is 141 Å². The van der Waals surface area contributed by atoms with Gasteiger partial charge in [0.25, 0.3) is 5.91 Å². The van der Waals surface area contributed by atoms with Crippen molar-refractivity contribution < 1.29 is 14.3 Å². The van der Waals surface area contributed by atoms with E-state index in [0.717, 1.165) is 12.8 Å². The van der Waals surface area contributed by atoms with Crippen LogP contribution in [0.15, 0.2) is 18.2 Å². The Morgan fingerprint density at radius 3 is 2.87 bits per heavy atom. The van der Waals surface area contributed by atoms with Crippen LogP contribution in [0.4, 0.5) is 5.69 Å². The molecule has 2 amide bonds. The molecule has 0 radical (unpaired) electrons. The minimum atomic E-state index is -0.145. The first-order valence-electron chi connectivity index (χ1n) is 8.04. The van der Waals surface area contributed by atoms with Crippen molar-refractivity contribution in [3.8, 4) is 0 Å². The number of anilines is 1. The summed E-state index contributed by atoms with van der Waals surface area (Å²) in [5.74, 6) is -0.233. The monoisotopic (exact) mass is 338 g/mol. The smallest absolute Gasteiger partial charge is 0.256 e. The third-order valence-electron chi connectivity index (χ3n) is 3.96. The highest BCUT2D eigenvalue weighted by Gasteiger charge is 2.30. The largest absolute Gasteiger partial charge is 0.380 e. The number of rotatable bonds is 6. The molecule has 1 aliphatic rings. The lowest BCUT2D eigenvalue weighted by Crippen LogP contribution is -2.38. The Kier molecular flexibility index (Phi) is 6.42. The van der Waals surface area contributed by atoms with E-state index in [-0.39, 0.29) is 17.9 Å². The second-order valence-corrected chi connectivity index (χ2v) is 5.98. The van der Waals surface area contributed by atoms with Gasteiger partial charge in [0.2, 0.25) is 5.91 Å². The van der Waals surface area contributed by atoms with E-state index in [1.165, 1.54) is 0 Å². The van der Waals surface area contributed by atoms with E-state index < -0.39 is 0 Å². The van der Waals surface area contributed by atoms with Crippen molar-refractivity contribution >= 4 is 29.1 Å². The van der Waals surface area contributed by atoms with Crippen molar-refractivity contribution in [2.75, 3.05) is 25.1 Å². The zero-order chi connectivity index (χ0) is 16.8. The maximum Gasteiger partial charge on any atom is 0.256 e. The summed E-state index contributed by atoms with van der Waals surface area (Å²) in [6, 6.07) is 5.05. The van der Waals surface area contributed by atoms with Crippen LogP contribution in [0.2, 0.25) is 5.02 Å². The molecule has 0 aromatic heterocycles. The fourth-order valence-corrected chi connectivity index (χ4v) is 2.90. The fraction of sp³-hybridized carbons (Fsp3) is 0.529. The van der Waals surface area contributed by atoms with Gasteiger partial charge in [-0.25, -0.2) is 0 Å². The molecule has 1 saturated heterocycles. The SMILES string of the molecule is CCOCC1CCCN1C(=O)c1ccc(Cl)cc1NC(=O)CC. The summed E-state index contributed by atoms with van der Waals surface area (Å²) in [5, 5.41) is 3.25. The second-order valence-electron chi connectivity index (χ2n) is 5.55. The molecule has 0 saturated carbocycles. The lowest BCUT2D eigenvalue weighted by atomic mass is 10.1. The fourth-order valence-electron chi connectivity index (χ4n) is 2.73. The molecule has 1 aliphatic heterocycles. The van der Waals surface area contributed by atoms with Crippen molar-refractivity contribution in [3.63, 3.8) is 0 Å². The first kappa shape index (κ1) is 17.8. The molecule has 0 bridgehead atoms. The summed E-state index contributed by atoms with van der Waals surface area (Å²) in [6.07, 6.45) is 2.25. The molecule has 6 heteroatoms. The number of likely N-dealkylation sites (tertiary alicyclic amines) is 1. The topological polar surface area (TPSA) is 58.6 Å². The van der Waals surface area contributed by atoms with Gasteiger partial charge in [0.1, 0.15) is 0 Å². The molecule has 126 valence electrons. The quantitative estimate of drug-likeness (QED) is 0.865. The molecule has 1 aromatic rings. The average Bonchev–Trinajstić information content (AvgIpc) is 3.00. The molecule has 1 heterocycles. The predicted octanol–water partition coefficient (Wildman–Crippen LogP) is 3.33. The van der Waals surface area contributed by atoms with E-state index in [4.69, 9.17) is 16.3 Å². The lowest BCUT2D eigenvalue weighted by Gasteiger charge is -2.25. The van der Waals surface area contributed by atoms with Gasteiger partial charge in [0.15, 0.2) is 0 Å². The summed E-state index contributed by atoms with van der Waals surface area (Å²) >= 11 is 6.01. The zero-order valence-electron chi connectivity index (χ0n) is 13.6. The van der Waals surface area contributed by atoms with Gasteiger partial charge in [-0.15, -0.1) is 0 Å². The number of ether oxygens (including phenoxy) is 1. The van der Waals surface area contributed by atoms with Crippen LogP contribution in [0.25, 0.3) is 0 Å². The lowest BCUT2D eigenvalue weighted by molar-refractivity contribution is -0.115. The summed E-state index contributed by atoms with van der Waals surface area (Å²) in [4.78, 5) is 26.4. The number of amides is 2. The van der Waals surface area contributed by atoms with E-state index in [0.29, 0.717) is 42.5 Å². The van der Waals surface area contributed by atoms with Gasteiger partial charge in [-0.3, -0.25) is 9.59 Å². The molecule has 1 atom stereocenters. The van der Waals surface area contributed by atoms with Gasteiger partial charge in [-0.2, -0.15) is 0 Å². The molecule has 1 fully saturated rings. The van der Waals surface area contributed by atoms with Crippen molar-refractivity contribution in [2.45, 2.75) is 39.2 Å². The van der Waals surface area contributed by atoms with Crippen LogP contribution in [0, 0.1) is 0 Å². The van der Waals surface area contributed by atoms with Gasteiger partial charge < -0.3 is 15.0 Å². The number of halogens is 1. The second kappa shape index (κ2) is 8.31. The third-order valence-corrected chi connectivity index (χ3v) is 4.19. The Balaban J connectivity index is 2.22. The number of benzene rings is 1. The van der Waals surface area contributed by atoms with E-state index in [1.54, 1.807) is 25.1 Å². The molecule has 1 N–H and O–H groups in total. The summed E-state index contributed by atoms with van der Waals surface area (Å²) in [6.45, 7) is 5.60. The van der Waals surface area contributed by atoms with E-state index in [9.17, 15) is 9.59 Å². The summed E-state index contributed by atoms with van der Waals surface area (Å²) in [5.41, 5.74) is 0.941. The van der Waals surface area contributed by atoms with Gasteiger partial charge >= 0.3 is 0 Å². The molecule has 23 heavy (non-hydrogen) atoms. The van der Waals surface area contributed by atoms with Crippen LogP contribution in [-0.2, 0) is 9.53 Å². The highest BCUT2D eigenvalue weighted by Crippen LogP contribution is 2.26. The molecule has 2 rings (SSSR count). The Bertz CT molecular complexity index is 577. The average molecular weight is 339 g/mol.